The summed E-state index contributed by atoms with van der Waals surface area (Å²) in [6, 6.07) is 4.84. The van der Waals surface area contributed by atoms with Crippen molar-refractivity contribution < 1.29 is 28.9 Å². The number of nitrogens with one attached hydrogen (secondary N) is 2. The minimum atomic E-state index is -0.275. The van der Waals surface area contributed by atoms with Crippen LogP contribution in [0.2, 0.25) is 0 Å². The fourth-order valence-corrected chi connectivity index (χ4v) is 3.49. The lowest BCUT2D eigenvalue weighted by Crippen LogP contribution is -3.29. The SMILES string of the molecule is COc1cc(OC)cc(N2C(=O)CC([NH+]3CC[NH+](C)CC3)C2=O)c1. The number of piperazine rings is 1. The number of hydrogen-bond acceptors (Lipinski definition) is 4. The zero-order chi connectivity index (χ0) is 17.3. The number of carbonyl (C=O) groups is 2. The molecule has 1 aromatic carbocycles. The van der Waals surface area contributed by atoms with Crippen LogP contribution in [0, 0.1) is 0 Å². The topological polar surface area (TPSA) is 64.7 Å². The van der Waals surface area contributed by atoms with Gasteiger partial charge in [-0.1, -0.05) is 0 Å². The Morgan fingerprint density at radius 3 is 2.12 bits per heavy atom. The first-order valence-electron chi connectivity index (χ1n) is 8.29. The highest BCUT2D eigenvalue weighted by Gasteiger charge is 2.46. The molecule has 2 aliphatic rings. The fourth-order valence-electron chi connectivity index (χ4n) is 3.49. The van der Waals surface area contributed by atoms with Crippen molar-refractivity contribution in [1.29, 1.82) is 0 Å². The number of rotatable bonds is 4. The molecule has 7 nitrogen and oxygen atoms in total. The molecule has 0 aliphatic carbocycles. The van der Waals surface area contributed by atoms with Crippen molar-refractivity contribution >= 4 is 17.5 Å². The van der Waals surface area contributed by atoms with Crippen LogP contribution < -0.4 is 24.2 Å². The van der Waals surface area contributed by atoms with Crippen LogP contribution in [0.15, 0.2) is 18.2 Å². The summed E-state index contributed by atoms with van der Waals surface area (Å²) in [4.78, 5) is 29.4. The molecule has 0 aromatic heterocycles. The van der Waals surface area contributed by atoms with E-state index in [4.69, 9.17) is 9.47 Å². The van der Waals surface area contributed by atoms with Crippen molar-refractivity contribution in [2.45, 2.75) is 12.5 Å². The minimum absolute atomic E-state index is 0.121. The average Bonchev–Trinajstić information content (AvgIpc) is 2.89. The highest BCUT2D eigenvalue weighted by molar-refractivity contribution is 6.22. The lowest BCUT2D eigenvalue weighted by molar-refractivity contribution is -1.01. The Morgan fingerprint density at radius 2 is 1.58 bits per heavy atom. The number of methoxy groups -OCH3 is 2. The van der Waals surface area contributed by atoms with Gasteiger partial charge in [0.1, 0.15) is 37.7 Å². The molecule has 2 saturated heterocycles. The number of ether oxygens (including phenoxy) is 2. The molecule has 24 heavy (non-hydrogen) atoms. The zero-order valence-electron chi connectivity index (χ0n) is 14.4. The van der Waals surface area contributed by atoms with Crippen molar-refractivity contribution in [2.24, 2.45) is 0 Å². The van der Waals surface area contributed by atoms with E-state index in [-0.39, 0.29) is 24.3 Å². The normalized spacial score (nSPS) is 27.5. The van der Waals surface area contributed by atoms with Gasteiger partial charge in [-0.05, 0) is 0 Å². The van der Waals surface area contributed by atoms with Gasteiger partial charge < -0.3 is 19.3 Å². The molecule has 7 heteroatoms. The Kier molecular flexibility index (Phi) is 4.73. The molecule has 130 valence electrons. The van der Waals surface area contributed by atoms with Gasteiger partial charge in [0, 0.05) is 18.2 Å². The van der Waals surface area contributed by atoms with Crippen LogP contribution in [0.4, 0.5) is 5.69 Å². The van der Waals surface area contributed by atoms with Gasteiger partial charge in [-0.3, -0.25) is 9.59 Å². The molecule has 0 radical (unpaired) electrons. The van der Waals surface area contributed by atoms with Gasteiger partial charge in [0.05, 0.1) is 33.4 Å². The van der Waals surface area contributed by atoms with E-state index < -0.39 is 0 Å². The number of benzene rings is 1. The minimum Gasteiger partial charge on any atom is -0.497 e. The van der Waals surface area contributed by atoms with Crippen LogP contribution in [0.5, 0.6) is 11.5 Å². The summed E-state index contributed by atoms with van der Waals surface area (Å²) < 4.78 is 10.5. The number of imide groups is 1. The maximum Gasteiger partial charge on any atom is 0.292 e. The summed E-state index contributed by atoms with van der Waals surface area (Å²) in [7, 11) is 5.25. The number of carbonyl (C=O) groups excluding carboxylic acids is 2. The summed E-state index contributed by atoms with van der Waals surface area (Å²) >= 11 is 0. The summed E-state index contributed by atoms with van der Waals surface area (Å²) in [5, 5.41) is 0. The molecular weight excluding hydrogens is 310 g/mol. The summed E-state index contributed by atoms with van der Waals surface area (Å²) in [5.74, 6) is 0.844. The third kappa shape index (κ3) is 3.09. The van der Waals surface area contributed by atoms with E-state index in [0.29, 0.717) is 17.2 Å². The van der Waals surface area contributed by atoms with Gasteiger partial charge in [-0.2, -0.15) is 0 Å². The molecule has 2 heterocycles. The van der Waals surface area contributed by atoms with Crippen LogP contribution in [-0.4, -0.2) is 65.3 Å². The number of quaternary nitrogens is 2. The molecule has 2 N–H and O–H groups in total. The van der Waals surface area contributed by atoms with Gasteiger partial charge in [0.15, 0.2) is 6.04 Å². The highest BCUT2D eigenvalue weighted by atomic mass is 16.5. The molecule has 0 spiro atoms. The first-order chi connectivity index (χ1) is 11.5. The smallest absolute Gasteiger partial charge is 0.292 e. The summed E-state index contributed by atoms with van der Waals surface area (Å²) in [5.41, 5.74) is 0.517. The number of anilines is 1. The van der Waals surface area contributed by atoms with E-state index in [1.54, 1.807) is 32.4 Å². The number of hydrogen-bond donors (Lipinski definition) is 2. The molecule has 0 bridgehead atoms. The fraction of sp³-hybridized carbons (Fsp3) is 0.529. The van der Waals surface area contributed by atoms with E-state index in [2.05, 4.69) is 7.05 Å². The quantitative estimate of drug-likeness (QED) is 0.610. The van der Waals surface area contributed by atoms with E-state index in [1.807, 2.05) is 0 Å². The number of amides is 2. The second kappa shape index (κ2) is 6.78. The third-order valence-corrected chi connectivity index (χ3v) is 4.98. The lowest BCUT2D eigenvalue weighted by Gasteiger charge is -2.30. The Morgan fingerprint density at radius 1 is 1.00 bits per heavy atom. The standard InChI is InChI=1S/C17H23N3O4/c1-18-4-6-19(7-5-18)15-11-16(21)20(17(15)22)12-8-13(23-2)10-14(9-12)24-3/h8-10,15H,4-7,11H2,1-3H3/p+2. The molecule has 1 atom stereocenters. The second-order valence-corrected chi connectivity index (χ2v) is 6.51. The predicted molar refractivity (Wildman–Crippen MR) is 87.8 cm³/mol. The van der Waals surface area contributed by atoms with E-state index in [1.165, 1.54) is 14.7 Å². The van der Waals surface area contributed by atoms with Crippen LogP contribution in [0.25, 0.3) is 0 Å². The molecule has 1 unspecified atom stereocenters. The first-order valence-corrected chi connectivity index (χ1v) is 8.29. The van der Waals surface area contributed by atoms with Crippen LogP contribution in [0.1, 0.15) is 6.42 Å². The lowest BCUT2D eigenvalue weighted by atomic mass is 10.2. The van der Waals surface area contributed by atoms with Gasteiger partial charge >= 0.3 is 0 Å². The number of likely N-dealkylation sites (N-methyl/N-ethyl adjacent to an activating group) is 1. The molecule has 2 amide bonds. The molecule has 1 aromatic rings. The van der Waals surface area contributed by atoms with E-state index in [9.17, 15) is 9.59 Å². The van der Waals surface area contributed by atoms with Crippen molar-refractivity contribution in [3.05, 3.63) is 18.2 Å². The Hall–Kier alpha value is -2.12. The van der Waals surface area contributed by atoms with Crippen molar-refractivity contribution in [1.82, 2.24) is 0 Å². The maximum absolute atomic E-state index is 12.9. The molecule has 3 rings (SSSR count). The van der Waals surface area contributed by atoms with Gasteiger partial charge in [-0.15, -0.1) is 0 Å². The predicted octanol–water partition coefficient (Wildman–Crippen LogP) is -2.25. The van der Waals surface area contributed by atoms with E-state index in [0.717, 1.165) is 26.2 Å². The maximum atomic E-state index is 12.9. The van der Waals surface area contributed by atoms with E-state index >= 15 is 0 Å². The van der Waals surface area contributed by atoms with Gasteiger partial charge in [0.2, 0.25) is 5.91 Å². The Bertz CT molecular complexity index is 618. The van der Waals surface area contributed by atoms with Gasteiger partial charge in [0.25, 0.3) is 5.91 Å². The molecular formula is C17H25N3O4+2. The summed E-state index contributed by atoms with van der Waals surface area (Å²) in [6.07, 6.45) is 0.271. The third-order valence-electron chi connectivity index (χ3n) is 4.98. The van der Waals surface area contributed by atoms with Crippen LogP contribution >= 0.6 is 0 Å². The molecule has 2 aliphatic heterocycles. The highest BCUT2D eigenvalue weighted by Crippen LogP contribution is 2.31. The summed E-state index contributed by atoms with van der Waals surface area (Å²) in [6.45, 7) is 3.90. The largest absolute Gasteiger partial charge is 0.497 e. The Labute approximate surface area is 141 Å². The van der Waals surface area contributed by atoms with Crippen molar-refractivity contribution in [2.75, 3.05) is 52.3 Å². The molecule has 0 saturated carbocycles. The van der Waals surface area contributed by atoms with Gasteiger partial charge in [-0.25, -0.2) is 4.90 Å². The zero-order valence-corrected chi connectivity index (χ0v) is 14.4. The molecule has 2 fully saturated rings. The first kappa shape index (κ1) is 16.7. The van der Waals surface area contributed by atoms with Crippen LogP contribution in [-0.2, 0) is 9.59 Å². The Balaban J connectivity index is 1.84. The number of nitrogens with zero attached hydrogens (tertiary/aromatic N) is 1. The van der Waals surface area contributed by atoms with Crippen molar-refractivity contribution in [3.8, 4) is 11.5 Å². The second-order valence-electron chi connectivity index (χ2n) is 6.51. The van der Waals surface area contributed by atoms with Crippen LogP contribution in [0.3, 0.4) is 0 Å². The van der Waals surface area contributed by atoms with Crippen molar-refractivity contribution in [3.63, 3.8) is 0 Å². The average molecular weight is 335 g/mol. The monoisotopic (exact) mass is 335 g/mol.